The number of fused-ring (bicyclic) bond motifs is 1. The van der Waals surface area contributed by atoms with E-state index < -0.39 is 0 Å². The van der Waals surface area contributed by atoms with Gasteiger partial charge in [0.05, 0.1) is 19.2 Å². The van der Waals surface area contributed by atoms with Crippen LogP contribution in [0.1, 0.15) is 25.3 Å². The summed E-state index contributed by atoms with van der Waals surface area (Å²) in [4.78, 5) is 13.0. The third kappa shape index (κ3) is 4.08. The van der Waals surface area contributed by atoms with E-state index >= 15 is 0 Å². The smallest absolute Gasteiger partial charge is 0.297 e. The van der Waals surface area contributed by atoms with Crippen LogP contribution in [0.4, 0.5) is 0 Å². The van der Waals surface area contributed by atoms with Gasteiger partial charge < -0.3 is 18.8 Å². The van der Waals surface area contributed by atoms with Crippen LogP contribution < -0.4 is 19.8 Å². The van der Waals surface area contributed by atoms with Gasteiger partial charge in [-0.3, -0.25) is 4.79 Å². The Hall–Kier alpha value is -2.95. The molecule has 3 aromatic rings. The molecule has 27 heavy (non-hydrogen) atoms. The minimum atomic E-state index is -0.224. The number of hydrogen-bond donors (Lipinski definition) is 0. The number of methoxy groups -OCH3 is 1. The fourth-order valence-corrected chi connectivity index (χ4v) is 2.91. The molecule has 142 valence electrons. The van der Waals surface area contributed by atoms with Crippen molar-refractivity contribution in [2.75, 3.05) is 13.7 Å². The van der Waals surface area contributed by atoms with Crippen molar-refractivity contribution in [1.29, 1.82) is 0 Å². The summed E-state index contributed by atoms with van der Waals surface area (Å²) < 4.78 is 18.8. The Morgan fingerprint density at radius 3 is 2.48 bits per heavy atom. The largest absolute Gasteiger partial charge is 0.497 e. The zero-order chi connectivity index (χ0) is 19.2. The predicted octanol–water partition coefficient (Wildman–Crippen LogP) is 4.31. The lowest BCUT2D eigenvalue weighted by atomic mass is 10.1. The van der Waals surface area contributed by atoms with Gasteiger partial charge in [-0.05, 0) is 24.1 Å². The molecule has 0 radical (unpaired) electrons. The van der Waals surface area contributed by atoms with Crippen molar-refractivity contribution in [3.8, 4) is 17.2 Å². The van der Waals surface area contributed by atoms with Gasteiger partial charge in [0.1, 0.15) is 12.4 Å². The molecule has 0 aliphatic carbocycles. The molecule has 0 saturated heterocycles. The molecular formula is C22H25NO4. The van der Waals surface area contributed by atoms with E-state index in [0.717, 1.165) is 29.3 Å². The second kappa shape index (κ2) is 8.62. The van der Waals surface area contributed by atoms with Gasteiger partial charge in [-0.25, -0.2) is 0 Å². The molecule has 0 atom stereocenters. The van der Waals surface area contributed by atoms with Crippen molar-refractivity contribution in [3.63, 3.8) is 0 Å². The minimum absolute atomic E-state index is 0.224. The molecule has 0 unspecified atom stereocenters. The number of benzene rings is 2. The fraction of sp³-hybridized carbons (Fsp3) is 0.318. The number of aryl methyl sites for hydroxylation is 1. The maximum atomic E-state index is 13.0. The molecule has 0 aliphatic heterocycles. The molecule has 0 bridgehead atoms. The summed E-state index contributed by atoms with van der Waals surface area (Å²) in [5.41, 5.74) is 1.52. The number of unbranched alkanes of at least 4 members (excludes halogenated alkanes) is 1. The van der Waals surface area contributed by atoms with Crippen LogP contribution in [-0.2, 0) is 13.7 Å². The normalized spacial score (nSPS) is 10.8. The van der Waals surface area contributed by atoms with E-state index in [1.807, 2.05) is 48.5 Å². The zero-order valence-electron chi connectivity index (χ0n) is 16.0. The fourth-order valence-electron chi connectivity index (χ4n) is 2.91. The summed E-state index contributed by atoms with van der Waals surface area (Å²) >= 11 is 0. The van der Waals surface area contributed by atoms with Crippen LogP contribution in [0.2, 0.25) is 0 Å². The van der Waals surface area contributed by atoms with Gasteiger partial charge in [0.25, 0.3) is 5.56 Å². The van der Waals surface area contributed by atoms with Crippen LogP contribution in [-0.4, -0.2) is 18.3 Å². The van der Waals surface area contributed by atoms with E-state index in [9.17, 15) is 4.79 Å². The molecule has 1 heterocycles. The van der Waals surface area contributed by atoms with Gasteiger partial charge in [0.2, 0.25) is 5.75 Å². The van der Waals surface area contributed by atoms with Gasteiger partial charge in [0, 0.05) is 18.5 Å². The van der Waals surface area contributed by atoms with Gasteiger partial charge >= 0.3 is 0 Å². The molecule has 0 spiro atoms. The average Bonchev–Trinajstić information content (AvgIpc) is 2.71. The third-order valence-corrected chi connectivity index (χ3v) is 4.49. The van der Waals surface area contributed by atoms with Crippen LogP contribution in [0.25, 0.3) is 10.9 Å². The Morgan fingerprint density at radius 2 is 1.78 bits per heavy atom. The highest BCUT2D eigenvalue weighted by atomic mass is 16.5. The molecule has 0 N–H and O–H groups in total. The lowest BCUT2D eigenvalue weighted by molar-refractivity contribution is 0.257. The Bertz CT molecular complexity index is 963. The lowest BCUT2D eigenvalue weighted by Gasteiger charge is -2.17. The first-order valence-corrected chi connectivity index (χ1v) is 9.16. The molecule has 0 saturated carbocycles. The summed E-state index contributed by atoms with van der Waals surface area (Å²) in [5.74, 6) is 1.44. The number of ether oxygens (including phenoxy) is 3. The second-order valence-corrected chi connectivity index (χ2v) is 6.38. The molecular weight excluding hydrogens is 342 g/mol. The standard InChI is InChI=1S/C22H25NO4/c1-4-5-13-26-20-18-12-11-17(25-3)14-19(18)23(2)22(24)21(20)27-15-16-9-7-6-8-10-16/h6-12,14H,4-5,13,15H2,1-3H3. The van der Waals surface area contributed by atoms with Crippen LogP contribution in [0.5, 0.6) is 17.2 Å². The maximum absolute atomic E-state index is 13.0. The van der Waals surface area contributed by atoms with E-state index in [4.69, 9.17) is 14.2 Å². The zero-order valence-corrected chi connectivity index (χ0v) is 16.0. The molecule has 1 aromatic heterocycles. The van der Waals surface area contributed by atoms with Crippen molar-refractivity contribution in [2.45, 2.75) is 26.4 Å². The molecule has 5 heteroatoms. The van der Waals surface area contributed by atoms with Crippen LogP contribution >= 0.6 is 0 Å². The molecule has 0 aliphatic rings. The topological polar surface area (TPSA) is 49.7 Å². The van der Waals surface area contributed by atoms with E-state index in [1.165, 1.54) is 0 Å². The van der Waals surface area contributed by atoms with E-state index in [-0.39, 0.29) is 11.3 Å². The highest BCUT2D eigenvalue weighted by Crippen LogP contribution is 2.34. The number of nitrogens with zero attached hydrogens (tertiary/aromatic N) is 1. The van der Waals surface area contributed by atoms with Crippen molar-refractivity contribution in [1.82, 2.24) is 4.57 Å². The molecule has 3 rings (SSSR count). The van der Waals surface area contributed by atoms with Gasteiger partial charge in [-0.2, -0.15) is 0 Å². The Kier molecular flexibility index (Phi) is 6.01. The number of hydrogen-bond acceptors (Lipinski definition) is 4. The van der Waals surface area contributed by atoms with E-state index in [1.54, 1.807) is 18.7 Å². The predicted molar refractivity (Wildman–Crippen MR) is 107 cm³/mol. The van der Waals surface area contributed by atoms with Crippen LogP contribution in [0, 0.1) is 0 Å². The maximum Gasteiger partial charge on any atom is 0.297 e. The molecule has 5 nitrogen and oxygen atoms in total. The summed E-state index contributed by atoms with van der Waals surface area (Å²) in [5, 5.41) is 0.831. The first-order valence-electron chi connectivity index (χ1n) is 9.16. The lowest BCUT2D eigenvalue weighted by Crippen LogP contribution is -2.21. The Balaban J connectivity index is 2.07. The highest BCUT2D eigenvalue weighted by Gasteiger charge is 2.19. The van der Waals surface area contributed by atoms with Crippen LogP contribution in [0.3, 0.4) is 0 Å². The average molecular weight is 367 g/mol. The summed E-state index contributed by atoms with van der Waals surface area (Å²) in [6, 6.07) is 15.4. The van der Waals surface area contributed by atoms with Gasteiger partial charge in [-0.15, -0.1) is 0 Å². The van der Waals surface area contributed by atoms with Crippen molar-refractivity contribution < 1.29 is 14.2 Å². The Morgan fingerprint density at radius 1 is 1.00 bits per heavy atom. The van der Waals surface area contributed by atoms with Crippen molar-refractivity contribution >= 4 is 10.9 Å². The van der Waals surface area contributed by atoms with E-state index in [2.05, 4.69) is 6.92 Å². The SMILES string of the molecule is CCCCOc1c(OCc2ccccc2)c(=O)n(C)c2cc(OC)ccc12. The number of pyridine rings is 1. The number of rotatable bonds is 8. The summed E-state index contributed by atoms with van der Waals surface area (Å²) in [6.07, 6.45) is 1.92. The Labute approximate surface area is 159 Å². The van der Waals surface area contributed by atoms with Gasteiger partial charge in [-0.1, -0.05) is 43.7 Å². The molecule has 0 amide bonds. The molecule has 2 aromatic carbocycles. The summed E-state index contributed by atoms with van der Waals surface area (Å²) in [6.45, 7) is 2.94. The third-order valence-electron chi connectivity index (χ3n) is 4.49. The van der Waals surface area contributed by atoms with Crippen molar-refractivity contribution in [3.05, 3.63) is 64.4 Å². The van der Waals surface area contributed by atoms with Gasteiger partial charge in [0.15, 0.2) is 5.75 Å². The van der Waals surface area contributed by atoms with Crippen molar-refractivity contribution in [2.24, 2.45) is 7.05 Å². The van der Waals surface area contributed by atoms with E-state index in [0.29, 0.717) is 24.7 Å². The molecule has 0 fully saturated rings. The first-order chi connectivity index (χ1) is 13.2. The van der Waals surface area contributed by atoms with Crippen LogP contribution in [0.15, 0.2) is 53.3 Å². The summed E-state index contributed by atoms with van der Waals surface area (Å²) in [7, 11) is 3.34. The quantitative estimate of drug-likeness (QED) is 0.557. The monoisotopic (exact) mass is 367 g/mol. The second-order valence-electron chi connectivity index (χ2n) is 6.38. The highest BCUT2D eigenvalue weighted by molar-refractivity contribution is 5.89. The minimum Gasteiger partial charge on any atom is -0.497 e. The first kappa shape index (κ1) is 18.8. The number of aromatic nitrogens is 1.